The Morgan fingerprint density at radius 3 is 2.25 bits per heavy atom. The molecule has 0 N–H and O–H groups in total. The third kappa shape index (κ3) is 1.78. The number of hydrogen-bond acceptors (Lipinski definition) is 0. The molecule has 0 nitrogen and oxygen atoms in total. The monoisotopic (exact) mass is 166 g/mol. The molecule has 0 radical (unpaired) electrons. The largest absolute Gasteiger partial charge is 0.204 e. The molecule has 0 saturated carbocycles. The summed E-state index contributed by atoms with van der Waals surface area (Å²) in [6.07, 6.45) is 0.850. The molecule has 0 fully saturated rings. The molecule has 0 aliphatic rings. The Labute approximate surface area is 69.8 Å². The highest BCUT2D eigenvalue weighted by atomic mass is 19.2. The predicted molar refractivity (Wildman–Crippen MR) is 45.8 cm³/mol. The standard InChI is InChI=1S/C10H8F2/c1-2-9(11)10(12)8-6-4-3-5-7-8/h2-7H,1H2. The van der Waals surface area contributed by atoms with E-state index in [1.165, 1.54) is 12.1 Å². The van der Waals surface area contributed by atoms with Crippen LogP contribution in [-0.2, 0) is 0 Å². The van der Waals surface area contributed by atoms with E-state index < -0.39 is 11.7 Å². The van der Waals surface area contributed by atoms with Crippen LogP contribution in [0.2, 0.25) is 0 Å². The molecule has 2 heteroatoms. The molecule has 1 aromatic carbocycles. The fourth-order valence-corrected chi connectivity index (χ4v) is 0.812. The van der Waals surface area contributed by atoms with E-state index in [4.69, 9.17) is 0 Å². The molecule has 1 rings (SSSR count). The van der Waals surface area contributed by atoms with Crippen LogP contribution in [-0.4, -0.2) is 0 Å². The van der Waals surface area contributed by atoms with Crippen LogP contribution in [0, 0.1) is 0 Å². The number of hydrogen-bond donors (Lipinski definition) is 0. The molecule has 0 aliphatic heterocycles. The maximum absolute atomic E-state index is 13.0. The van der Waals surface area contributed by atoms with Gasteiger partial charge in [0, 0.05) is 5.56 Å². The average molecular weight is 166 g/mol. The molecule has 0 aromatic heterocycles. The lowest BCUT2D eigenvalue weighted by molar-refractivity contribution is 0.629. The normalized spacial score (nSPS) is 12.2. The van der Waals surface area contributed by atoms with Crippen LogP contribution in [0.25, 0.3) is 5.83 Å². The Bertz CT molecular complexity index is 299. The first-order valence-corrected chi connectivity index (χ1v) is 3.49. The van der Waals surface area contributed by atoms with Crippen molar-refractivity contribution in [1.82, 2.24) is 0 Å². The van der Waals surface area contributed by atoms with Gasteiger partial charge in [0.2, 0.25) is 0 Å². The number of halogens is 2. The van der Waals surface area contributed by atoms with Gasteiger partial charge in [-0.1, -0.05) is 36.9 Å². The van der Waals surface area contributed by atoms with Crippen molar-refractivity contribution in [3.63, 3.8) is 0 Å². The summed E-state index contributed by atoms with van der Waals surface area (Å²) in [7, 11) is 0. The van der Waals surface area contributed by atoms with Gasteiger partial charge in [-0.3, -0.25) is 0 Å². The van der Waals surface area contributed by atoms with Gasteiger partial charge >= 0.3 is 0 Å². The topological polar surface area (TPSA) is 0 Å². The van der Waals surface area contributed by atoms with Crippen molar-refractivity contribution >= 4 is 5.83 Å². The second-order valence-electron chi connectivity index (χ2n) is 2.23. The average Bonchev–Trinajstić information content (AvgIpc) is 2.17. The summed E-state index contributed by atoms with van der Waals surface area (Å²) in [5.41, 5.74) is 0.231. The third-order valence-electron chi connectivity index (χ3n) is 1.42. The molecular formula is C10H8F2. The summed E-state index contributed by atoms with van der Waals surface area (Å²) in [5.74, 6) is -1.80. The first-order chi connectivity index (χ1) is 5.75. The van der Waals surface area contributed by atoms with Crippen molar-refractivity contribution in [2.24, 2.45) is 0 Å². The predicted octanol–water partition coefficient (Wildman–Crippen LogP) is 3.48. The second kappa shape index (κ2) is 3.81. The van der Waals surface area contributed by atoms with E-state index in [-0.39, 0.29) is 5.56 Å². The van der Waals surface area contributed by atoms with Gasteiger partial charge in [-0.05, 0) is 6.08 Å². The summed E-state index contributed by atoms with van der Waals surface area (Å²) in [4.78, 5) is 0. The van der Waals surface area contributed by atoms with Gasteiger partial charge in [0.05, 0.1) is 0 Å². The maximum atomic E-state index is 13.0. The van der Waals surface area contributed by atoms with Gasteiger partial charge in [-0.15, -0.1) is 0 Å². The fraction of sp³-hybridized carbons (Fsp3) is 0. The number of rotatable bonds is 2. The Kier molecular flexibility index (Phi) is 2.75. The molecular weight excluding hydrogens is 158 g/mol. The Morgan fingerprint density at radius 1 is 1.17 bits per heavy atom. The molecule has 0 aliphatic carbocycles. The van der Waals surface area contributed by atoms with Gasteiger partial charge in [-0.2, -0.15) is 0 Å². The SMILES string of the molecule is C=CC(F)=C(F)c1ccccc1. The zero-order valence-corrected chi connectivity index (χ0v) is 6.43. The minimum Gasteiger partial charge on any atom is -0.204 e. The van der Waals surface area contributed by atoms with Crippen molar-refractivity contribution in [3.05, 3.63) is 54.4 Å². The maximum Gasteiger partial charge on any atom is 0.166 e. The quantitative estimate of drug-likeness (QED) is 0.590. The summed E-state index contributed by atoms with van der Waals surface area (Å²) in [6, 6.07) is 8.02. The van der Waals surface area contributed by atoms with Gasteiger partial charge in [-0.25, -0.2) is 8.78 Å². The minimum absolute atomic E-state index is 0.231. The van der Waals surface area contributed by atoms with Crippen LogP contribution >= 0.6 is 0 Å². The van der Waals surface area contributed by atoms with E-state index in [0.29, 0.717) is 0 Å². The lowest BCUT2D eigenvalue weighted by atomic mass is 10.2. The van der Waals surface area contributed by atoms with Crippen molar-refractivity contribution in [2.75, 3.05) is 0 Å². The molecule has 62 valence electrons. The van der Waals surface area contributed by atoms with E-state index in [1.807, 2.05) is 0 Å². The smallest absolute Gasteiger partial charge is 0.166 e. The third-order valence-corrected chi connectivity index (χ3v) is 1.42. The summed E-state index contributed by atoms with van der Waals surface area (Å²) in [5, 5.41) is 0. The molecule has 1 aromatic rings. The molecule has 0 amide bonds. The van der Waals surface area contributed by atoms with Crippen molar-refractivity contribution in [1.29, 1.82) is 0 Å². The van der Waals surface area contributed by atoms with Crippen molar-refractivity contribution in [2.45, 2.75) is 0 Å². The Morgan fingerprint density at radius 2 is 1.75 bits per heavy atom. The lowest BCUT2D eigenvalue weighted by Crippen LogP contribution is -1.78. The van der Waals surface area contributed by atoms with Gasteiger partial charge in [0.1, 0.15) is 0 Å². The van der Waals surface area contributed by atoms with Gasteiger partial charge < -0.3 is 0 Å². The second-order valence-corrected chi connectivity index (χ2v) is 2.23. The summed E-state index contributed by atoms with van der Waals surface area (Å²) in [6.45, 7) is 3.13. The van der Waals surface area contributed by atoms with Crippen LogP contribution in [0.1, 0.15) is 5.56 Å². The molecule has 0 bridgehead atoms. The van der Waals surface area contributed by atoms with E-state index in [9.17, 15) is 8.78 Å². The molecule has 12 heavy (non-hydrogen) atoms. The zero-order valence-electron chi connectivity index (χ0n) is 6.43. The van der Waals surface area contributed by atoms with E-state index >= 15 is 0 Å². The highest BCUT2D eigenvalue weighted by Crippen LogP contribution is 2.20. The Balaban J connectivity index is 3.08. The molecule has 0 spiro atoms. The fourth-order valence-electron chi connectivity index (χ4n) is 0.812. The highest BCUT2D eigenvalue weighted by molar-refractivity contribution is 5.62. The zero-order chi connectivity index (χ0) is 8.97. The molecule has 0 unspecified atom stereocenters. The van der Waals surface area contributed by atoms with Crippen LogP contribution in [0.5, 0.6) is 0 Å². The van der Waals surface area contributed by atoms with Gasteiger partial charge in [0.25, 0.3) is 0 Å². The van der Waals surface area contributed by atoms with E-state index in [2.05, 4.69) is 6.58 Å². The van der Waals surface area contributed by atoms with Crippen molar-refractivity contribution < 1.29 is 8.78 Å². The van der Waals surface area contributed by atoms with Crippen LogP contribution in [0.3, 0.4) is 0 Å². The van der Waals surface area contributed by atoms with Gasteiger partial charge in [0.15, 0.2) is 11.7 Å². The Hall–Kier alpha value is -1.44. The van der Waals surface area contributed by atoms with E-state index in [1.54, 1.807) is 18.2 Å². The summed E-state index contributed by atoms with van der Waals surface area (Å²) >= 11 is 0. The van der Waals surface area contributed by atoms with Crippen molar-refractivity contribution in [3.8, 4) is 0 Å². The van der Waals surface area contributed by atoms with Crippen LogP contribution < -0.4 is 0 Å². The lowest BCUT2D eigenvalue weighted by Gasteiger charge is -1.96. The highest BCUT2D eigenvalue weighted by Gasteiger charge is 2.03. The van der Waals surface area contributed by atoms with Crippen LogP contribution in [0.4, 0.5) is 8.78 Å². The first-order valence-electron chi connectivity index (χ1n) is 3.49. The number of allylic oxidation sites excluding steroid dienone is 2. The molecule has 0 atom stereocenters. The number of benzene rings is 1. The molecule has 0 saturated heterocycles. The summed E-state index contributed by atoms with van der Waals surface area (Å²) < 4.78 is 25.6. The minimum atomic E-state index is -0.929. The molecule has 0 heterocycles. The van der Waals surface area contributed by atoms with E-state index in [0.717, 1.165) is 6.08 Å². The first kappa shape index (κ1) is 8.65. The van der Waals surface area contributed by atoms with Crippen LogP contribution in [0.15, 0.2) is 48.8 Å².